The fourth-order valence-electron chi connectivity index (χ4n) is 4.62. The van der Waals surface area contributed by atoms with Crippen molar-refractivity contribution in [2.75, 3.05) is 18.6 Å². The fourth-order valence-corrected chi connectivity index (χ4v) is 4.62. The van der Waals surface area contributed by atoms with Crippen LogP contribution in [0.15, 0.2) is 108 Å². The molecule has 218 valence electrons. The Morgan fingerprint density at radius 2 is 1.60 bits per heavy atom. The van der Waals surface area contributed by atoms with E-state index in [2.05, 4.69) is 32.9 Å². The highest BCUT2D eigenvalue weighted by Gasteiger charge is 2.14. The molecule has 0 bridgehead atoms. The number of nitrogen functional groups attached to an aromatic ring is 2. The lowest BCUT2D eigenvalue weighted by atomic mass is 9.99. The van der Waals surface area contributed by atoms with E-state index in [0.29, 0.717) is 17.1 Å². The van der Waals surface area contributed by atoms with Crippen LogP contribution in [-0.4, -0.2) is 31.6 Å². The molecular formula is C34H35N7O2. The van der Waals surface area contributed by atoms with Gasteiger partial charge in [-0.1, -0.05) is 63.2 Å². The molecule has 4 N–H and O–H groups in total. The molecule has 0 saturated carbocycles. The van der Waals surface area contributed by atoms with Crippen LogP contribution in [0.3, 0.4) is 0 Å². The van der Waals surface area contributed by atoms with E-state index in [0.717, 1.165) is 45.4 Å². The van der Waals surface area contributed by atoms with Gasteiger partial charge in [0.1, 0.15) is 5.82 Å². The van der Waals surface area contributed by atoms with E-state index in [9.17, 15) is 4.79 Å². The molecule has 0 aliphatic carbocycles. The van der Waals surface area contributed by atoms with Crippen molar-refractivity contribution in [2.24, 2.45) is 0 Å². The van der Waals surface area contributed by atoms with Crippen LogP contribution in [-0.2, 0) is 6.42 Å². The molecule has 0 saturated heterocycles. The lowest BCUT2D eigenvalue weighted by Crippen LogP contribution is -2.22. The van der Waals surface area contributed by atoms with Crippen LogP contribution in [0.1, 0.15) is 26.5 Å². The number of pyridine rings is 3. The van der Waals surface area contributed by atoms with Crippen molar-refractivity contribution < 1.29 is 4.74 Å². The Hall–Kier alpha value is -5.57. The van der Waals surface area contributed by atoms with Gasteiger partial charge in [-0.15, -0.1) is 0 Å². The number of benzene rings is 2. The molecule has 9 heteroatoms. The first-order valence-corrected chi connectivity index (χ1v) is 14.0. The Labute approximate surface area is 250 Å². The zero-order chi connectivity index (χ0) is 30.8. The largest absolute Gasteiger partial charge is 0.481 e. The fraction of sp³-hybridized carbons (Fsp3) is 0.147. The van der Waals surface area contributed by atoms with Gasteiger partial charge in [0.25, 0.3) is 5.56 Å². The summed E-state index contributed by atoms with van der Waals surface area (Å²) in [6.07, 6.45) is 7.45. The Morgan fingerprint density at radius 1 is 0.814 bits per heavy atom. The van der Waals surface area contributed by atoms with Gasteiger partial charge >= 0.3 is 0 Å². The number of hydrogen-bond acceptors (Lipinski definition) is 8. The summed E-state index contributed by atoms with van der Waals surface area (Å²) in [6, 6.07) is 25.3. The summed E-state index contributed by atoms with van der Waals surface area (Å²) in [4.78, 5) is 29.5. The lowest BCUT2D eigenvalue weighted by Gasteiger charge is -2.15. The van der Waals surface area contributed by atoms with Crippen LogP contribution in [0, 0.1) is 0 Å². The Bertz CT molecular complexity index is 1860. The molecule has 0 radical (unpaired) electrons. The summed E-state index contributed by atoms with van der Waals surface area (Å²) in [5.41, 5.74) is 16.4. The number of aromatic nitrogens is 5. The standard InChI is InChI=1S/C23H20N2O2.C9H9N5.C2H6/c1-3-18-14-17-8-7-11-20(16-12-13-24-21(15-16)27-2)22(17)23(26)25(18)19-9-5-4-6-10-19;10-8-7(5-13-9(11)14-8)6-2-1-3-12-4-6;1-2/h4-15H,3H2,1-2H3;1-5H,(H4,10,11,13,14);1-2H3. The van der Waals surface area contributed by atoms with E-state index in [-0.39, 0.29) is 11.5 Å². The highest BCUT2D eigenvalue weighted by Crippen LogP contribution is 2.29. The van der Waals surface area contributed by atoms with Gasteiger partial charge in [-0.05, 0) is 53.3 Å². The molecule has 0 fully saturated rings. The first kappa shape index (κ1) is 30.4. The predicted molar refractivity (Wildman–Crippen MR) is 174 cm³/mol. The molecule has 9 nitrogen and oxygen atoms in total. The van der Waals surface area contributed by atoms with Gasteiger partial charge < -0.3 is 16.2 Å². The monoisotopic (exact) mass is 573 g/mol. The maximum absolute atomic E-state index is 13.6. The van der Waals surface area contributed by atoms with Crippen LogP contribution < -0.4 is 21.8 Å². The summed E-state index contributed by atoms with van der Waals surface area (Å²) >= 11 is 0. The van der Waals surface area contributed by atoms with Gasteiger partial charge in [0.2, 0.25) is 11.8 Å². The summed E-state index contributed by atoms with van der Waals surface area (Å²) in [7, 11) is 1.59. The number of nitrogens with two attached hydrogens (primary N) is 2. The smallest absolute Gasteiger partial charge is 0.263 e. The third kappa shape index (κ3) is 6.84. The van der Waals surface area contributed by atoms with Gasteiger partial charge in [0.15, 0.2) is 0 Å². The number of rotatable bonds is 5. The van der Waals surface area contributed by atoms with E-state index in [1.54, 1.807) is 31.9 Å². The number of fused-ring (bicyclic) bond motifs is 1. The third-order valence-corrected chi connectivity index (χ3v) is 6.56. The molecule has 0 unspecified atom stereocenters. The SMILES string of the molecule is CC.CCc1cc2cccc(-c3ccnc(OC)c3)c2c(=O)n1-c1ccccc1.Nc1ncc(-c2cccnc2)c(N)n1. The lowest BCUT2D eigenvalue weighted by molar-refractivity contribution is 0.398. The van der Waals surface area contributed by atoms with E-state index in [1.165, 1.54) is 0 Å². The molecule has 0 spiro atoms. The highest BCUT2D eigenvalue weighted by atomic mass is 16.5. The molecule has 0 atom stereocenters. The van der Waals surface area contributed by atoms with Crippen LogP contribution >= 0.6 is 0 Å². The van der Waals surface area contributed by atoms with Crippen molar-refractivity contribution in [3.8, 4) is 33.8 Å². The number of aryl methyl sites for hydroxylation is 1. The summed E-state index contributed by atoms with van der Waals surface area (Å²) < 4.78 is 7.06. The van der Waals surface area contributed by atoms with Crippen molar-refractivity contribution in [2.45, 2.75) is 27.2 Å². The quantitative estimate of drug-likeness (QED) is 0.243. The number of anilines is 2. The second kappa shape index (κ2) is 14.4. The van der Waals surface area contributed by atoms with Crippen LogP contribution in [0.25, 0.3) is 38.7 Å². The van der Waals surface area contributed by atoms with E-state index >= 15 is 0 Å². The first-order chi connectivity index (χ1) is 21.0. The second-order valence-corrected chi connectivity index (χ2v) is 9.09. The molecule has 6 aromatic rings. The average molecular weight is 574 g/mol. The van der Waals surface area contributed by atoms with Crippen LogP contribution in [0.4, 0.5) is 11.8 Å². The molecule has 6 rings (SSSR count). The number of para-hydroxylation sites is 1. The molecule has 2 aromatic carbocycles. The Kier molecular flexibility index (Phi) is 10.1. The molecule has 0 amide bonds. The number of ether oxygens (including phenoxy) is 1. The number of methoxy groups -OCH3 is 1. The maximum Gasteiger partial charge on any atom is 0.263 e. The molecule has 4 heterocycles. The minimum atomic E-state index is -0.0121. The predicted octanol–water partition coefficient (Wildman–Crippen LogP) is 6.35. The minimum Gasteiger partial charge on any atom is -0.481 e. The molecular weight excluding hydrogens is 538 g/mol. The van der Waals surface area contributed by atoms with Crippen molar-refractivity contribution in [3.05, 3.63) is 120 Å². The van der Waals surface area contributed by atoms with Crippen molar-refractivity contribution >= 4 is 22.5 Å². The van der Waals surface area contributed by atoms with Gasteiger partial charge in [-0.2, -0.15) is 4.98 Å². The summed E-state index contributed by atoms with van der Waals surface area (Å²) in [6.45, 7) is 6.07. The minimum absolute atomic E-state index is 0.0121. The molecule has 4 aromatic heterocycles. The van der Waals surface area contributed by atoms with Crippen molar-refractivity contribution in [1.29, 1.82) is 0 Å². The van der Waals surface area contributed by atoms with Crippen molar-refractivity contribution in [3.63, 3.8) is 0 Å². The topological polar surface area (TPSA) is 135 Å². The molecule has 0 aliphatic heterocycles. The summed E-state index contributed by atoms with van der Waals surface area (Å²) in [5, 5.41) is 1.64. The van der Waals surface area contributed by atoms with E-state index in [1.807, 2.05) is 91.2 Å². The highest BCUT2D eigenvalue weighted by molar-refractivity contribution is 5.96. The summed E-state index contributed by atoms with van der Waals surface area (Å²) in [5.74, 6) is 1.07. The third-order valence-electron chi connectivity index (χ3n) is 6.56. The van der Waals surface area contributed by atoms with E-state index in [4.69, 9.17) is 16.2 Å². The zero-order valence-corrected chi connectivity index (χ0v) is 24.7. The van der Waals surface area contributed by atoms with Gasteiger partial charge in [-0.25, -0.2) is 9.97 Å². The maximum atomic E-state index is 13.6. The molecule has 43 heavy (non-hydrogen) atoms. The van der Waals surface area contributed by atoms with Crippen molar-refractivity contribution in [1.82, 2.24) is 24.5 Å². The Morgan fingerprint density at radius 3 is 2.28 bits per heavy atom. The molecule has 0 aliphatic rings. The van der Waals surface area contributed by atoms with E-state index < -0.39 is 0 Å². The number of hydrogen-bond donors (Lipinski definition) is 2. The average Bonchev–Trinajstić information content (AvgIpc) is 3.06. The first-order valence-electron chi connectivity index (χ1n) is 14.0. The van der Waals surface area contributed by atoms with Crippen LogP contribution in [0.2, 0.25) is 0 Å². The van der Waals surface area contributed by atoms with Crippen LogP contribution in [0.5, 0.6) is 5.88 Å². The van der Waals surface area contributed by atoms with Gasteiger partial charge in [0, 0.05) is 53.4 Å². The van der Waals surface area contributed by atoms with Gasteiger partial charge in [-0.3, -0.25) is 14.3 Å². The Balaban J connectivity index is 0.000000222. The normalized spacial score (nSPS) is 10.2. The van der Waals surface area contributed by atoms with Gasteiger partial charge in [0.05, 0.1) is 12.5 Å². The zero-order valence-electron chi connectivity index (χ0n) is 24.7. The second-order valence-electron chi connectivity index (χ2n) is 9.09. The number of nitrogens with zero attached hydrogens (tertiary/aromatic N) is 5.